The summed E-state index contributed by atoms with van der Waals surface area (Å²) in [4.78, 5) is 28.7. The Morgan fingerprint density at radius 3 is 2.94 bits per heavy atom. The Kier molecular flexibility index (Phi) is 3.76. The van der Waals surface area contributed by atoms with Gasteiger partial charge in [0.1, 0.15) is 5.56 Å². The summed E-state index contributed by atoms with van der Waals surface area (Å²) in [7, 11) is 0. The standard InChI is InChI=1S/C12H15N3O2S/c13-11(18)9-3-1-2-6-15(9)12(17)8-7-14-5-4-10(8)16/h4-5,7,9H,1-3,6H2,(H2,13,18)(H,14,16). The lowest BCUT2D eigenvalue weighted by Gasteiger charge is -2.34. The number of carbonyl (C=O) groups is 1. The van der Waals surface area contributed by atoms with Crippen LogP contribution in [0.3, 0.4) is 0 Å². The Morgan fingerprint density at radius 1 is 1.50 bits per heavy atom. The number of aromatic amines is 1. The van der Waals surface area contributed by atoms with Gasteiger partial charge in [-0.1, -0.05) is 12.2 Å². The maximum absolute atomic E-state index is 12.3. The van der Waals surface area contributed by atoms with Gasteiger partial charge in [-0.2, -0.15) is 0 Å². The van der Waals surface area contributed by atoms with Crippen LogP contribution in [-0.2, 0) is 0 Å². The number of piperidine rings is 1. The molecule has 1 aromatic heterocycles. The van der Waals surface area contributed by atoms with Gasteiger partial charge in [-0.15, -0.1) is 0 Å². The second-order valence-electron chi connectivity index (χ2n) is 4.33. The number of carbonyl (C=O) groups excluding carboxylic acids is 1. The summed E-state index contributed by atoms with van der Waals surface area (Å²) in [6.45, 7) is 0.592. The van der Waals surface area contributed by atoms with Gasteiger partial charge >= 0.3 is 0 Å². The molecule has 1 unspecified atom stereocenters. The molecule has 1 amide bonds. The van der Waals surface area contributed by atoms with Crippen molar-refractivity contribution in [3.8, 4) is 0 Å². The minimum Gasteiger partial charge on any atom is -0.392 e. The first kappa shape index (κ1) is 12.8. The van der Waals surface area contributed by atoms with Crippen LogP contribution in [-0.4, -0.2) is 33.4 Å². The number of nitrogens with two attached hydrogens (primary N) is 1. The Balaban J connectivity index is 2.29. The molecule has 2 rings (SSSR count). The molecule has 5 nitrogen and oxygen atoms in total. The van der Waals surface area contributed by atoms with Gasteiger partial charge in [0.05, 0.1) is 11.0 Å². The van der Waals surface area contributed by atoms with E-state index >= 15 is 0 Å². The number of likely N-dealkylation sites (tertiary alicyclic amines) is 1. The van der Waals surface area contributed by atoms with Gasteiger partial charge in [-0.3, -0.25) is 9.59 Å². The molecule has 0 radical (unpaired) electrons. The predicted octanol–water partition coefficient (Wildman–Crippen LogP) is 0.656. The first-order valence-corrected chi connectivity index (χ1v) is 6.29. The Morgan fingerprint density at radius 2 is 2.28 bits per heavy atom. The van der Waals surface area contributed by atoms with E-state index < -0.39 is 0 Å². The molecule has 0 spiro atoms. The van der Waals surface area contributed by atoms with Crippen molar-refractivity contribution in [2.24, 2.45) is 5.73 Å². The van der Waals surface area contributed by atoms with Gasteiger partial charge in [0.15, 0.2) is 5.43 Å². The number of pyridine rings is 1. The van der Waals surface area contributed by atoms with Gasteiger partial charge in [-0.25, -0.2) is 0 Å². The normalized spacial score (nSPS) is 19.6. The Labute approximate surface area is 110 Å². The molecule has 1 aliphatic heterocycles. The van der Waals surface area contributed by atoms with E-state index in [9.17, 15) is 9.59 Å². The Hall–Kier alpha value is -1.69. The SMILES string of the molecule is NC(=S)C1CCCCN1C(=O)c1c[nH]ccc1=O. The largest absolute Gasteiger partial charge is 0.392 e. The molecule has 6 heteroatoms. The summed E-state index contributed by atoms with van der Waals surface area (Å²) in [5, 5.41) is 0. The number of aromatic nitrogens is 1. The van der Waals surface area contributed by atoms with Crippen LogP contribution in [0.5, 0.6) is 0 Å². The van der Waals surface area contributed by atoms with E-state index in [4.69, 9.17) is 18.0 Å². The van der Waals surface area contributed by atoms with Gasteiger partial charge in [-0.05, 0) is 19.3 Å². The second kappa shape index (κ2) is 5.30. The molecule has 3 N–H and O–H groups in total. The molecule has 18 heavy (non-hydrogen) atoms. The fourth-order valence-corrected chi connectivity index (χ4v) is 2.45. The fraction of sp³-hybridized carbons (Fsp3) is 0.417. The van der Waals surface area contributed by atoms with Crippen LogP contribution >= 0.6 is 12.2 Å². The van der Waals surface area contributed by atoms with Gasteiger partial charge in [0.2, 0.25) is 0 Å². The molecule has 0 bridgehead atoms. The lowest BCUT2D eigenvalue weighted by molar-refractivity contribution is 0.0680. The lowest BCUT2D eigenvalue weighted by Crippen LogP contribution is -2.50. The van der Waals surface area contributed by atoms with Crippen LogP contribution in [0.4, 0.5) is 0 Å². The first-order valence-electron chi connectivity index (χ1n) is 5.88. The molecule has 1 aliphatic rings. The van der Waals surface area contributed by atoms with E-state index in [0.717, 1.165) is 19.3 Å². The highest BCUT2D eigenvalue weighted by Gasteiger charge is 2.30. The minimum absolute atomic E-state index is 0.139. The van der Waals surface area contributed by atoms with Crippen LogP contribution in [0, 0.1) is 0 Å². The molecule has 96 valence electrons. The van der Waals surface area contributed by atoms with Gasteiger partial charge in [0, 0.05) is 25.0 Å². The second-order valence-corrected chi connectivity index (χ2v) is 4.81. The van der Waals surface area contributed by atoms with Crippen molar-refractivity contribution < 1.29 is 4.79 Å². The summed E-state index contributed by atoms with van der Waals surface area (Å²) in [5.74, 6) is -0.297. The first-order chi connectivity index (χ1) is 8.61. The number of nitrogens with one attached hydrogen (secondary N) is 1. The number of amides is 1. The molecule has 1 fully saturated rings. The van der Waals surface area contributed by atoms with E-state index in [2.05, 4.69) is 4.98 Å². The highest BCUT2D eigenvalue weighted by Crippen LogP contribution is 2.18. The molecular formula is C12H15N3O2S. The third kappa shape index (κ3) is 2.43. The van der Waals surface area contributed by atoms with Crippen LogP contribution < -0.4 is 11.2 Å². The van der Waals surface area contributed by atoms with Crippen molar-refractivity contribution in [2.75, 3.05) is 6.54 Å². The van der Waals surface area contributed by atoms with Crippen LogP contribution in [0.1, 0.15) is 29.6 Å². The van der Waals surface area contributed by atoms with Crippen molar-refractivity contribution in [1.29, 1.82) is 0 Å². The highest BCUT2D eigenvalue weighted by molar-refractivity contribution is 7.80. The zero-order chi connectivity index (χ0) is 13.1. The highest BCUT2D eigenvalue weighted by atomic mass is 32.1. The zero-order valence-corrected chi connectivity index (χ0v) is 10.7. The molecule has 0 saturated carbocycles. The molecule has 1 atom stereocenters. The maximum atomic E-state index is 12.3. The molecule has 0 aliphatic carbocycles. The van der Waals surface area contributed by atoms with Crippen molar-refractivity contribution in [3.05, 3.63) is 34.2 Å². The number of rotatable bonds is 2. The monoisotopic (exact) mass is 265 g/mol. The molecular weight excluding hydrogens is 250 g/mol. The maximum Gasteiger partial charge on any atom is 0.259 e. The summed E-state index contributed by atoms with van der Waals surface area (Å²) in [5.41, 5.74) is 5.52. The summed E-state index contributed by atoms with van der Waals surface area (Å²) in [6.07, 6.45) is 5.61. The molecule has 0 aromatic carbocycles. The fourth-order valence-electron chi connectivity index (χ4n) is 2.21. The van der Waals surface area contributed by atoms with Gasteiger partial charge < -0.3 is 15.6 Å². The molecule has 2 heterocycles. The van der Waals surface area contributed by atoms with Crippen molar-refractivity contribution in [1.82, 2.24) is 9.88 Å². The van der Waals surface area contributed by atoms with E-state index in [-0.39, 0.29) is 22.9 Å². The van der Waals surface area contributed by atoms with E-state index in [0.29, 0.717) is 11.5 Å². The summed E-state index contributed by atoms with van der Waals surface area (Å²) < 4.78 is 0. The zero-order valence-electron chi connectivity index (χ0n) is 9.89. The smallest absolute Gasteiger partial charge is 0.259 e. The average Bonchev–Trinajstić information content (AvgIpc) is 2.38. The minimum atomic E-state index is -0.297. The molecule has 1 aromatic rings. The van der Waals surface area contributed by atoms with Crippen molar-refractivity contribution >= 4 is 23.1 Å². The van der Waals surface area contributed by atoms with E-state index in [1.165, 1.54) is 18.5 Å². The lowest BCUT2D eigenvalue weighted by atomic mass is 10.0. The average molecular weight is 265 g/mol. The Bertz CT molecular complexity index is 526. The number of H-pyrrole nitrogens is 1. The summed E-state index contributed by atoms with van der Waals surface area (Å²) >= 11 is 4.99. The van der Waals surface area contributed by atoms with Crippen molar-refractivity contribution in [3.63, 3.8) is 0 Å². The van der Waals surface area contributed by atoms with Crippen LogP contribution in [0.2, 0.25) is 0 Å². The topological polar surface area (TPSA) is 79.2 Å². The summed E-state index contributed by atoms with van der Waals surface area (Å²) in [6, 6.07) is 1.10. The van der Waals surface area contributed by atoms with Crippen LogP contribution in [0.25, 0.3) is 0 Å². The number of thiocarbonyl (C=S) groups is 1. The van der Waals surface area contributed by atoms with E-state index in [1.807, 2.05) is 0 Å². The van der Waals surface area contributed by atoms with E-state index in [1.54, 1.807) is 4.90 Å². The number of hydrogen-bond donors (Lipinski definition) is 2. The molecule has 1 saturated heterocycles. The van der Waals surface area contributed by atoms with Crippen LogP contribution in [0.15, 0.2) is 23.3 Å². The number of nitrogens with zero attached hydrogens (tertiary/aromatic N) is 1. The number of hydrogen-bond acceptors (Lipinski definition) is 3. The third-order valence-corrected chi connectivity index (χ3v) is 3.42. The third-order valence-electron chi connectivity index (χ3n) is 3.15. The quantitative estimate of drug-likeness (QED) is 0.770. The van der Waals surface area contributed by atoms with Gasteiger partial charge in [0.25, 0.3) is 5.91 Å². The van der Waals surface area contributed by atoms with Crippen molar-refractivity contribution in [2.45, 2.75) is 25.3 Å². The predicted molar refractivity (Wildman–Crippen MR) is 72.5 cm³/mol.